The summed E-state index contributed by atoms with van der Waals surface area (Å²) in [5.41, 5.74) is 2.72. The fourth-order valence-electron chi connectivity index (χ4n) is 5.92. The van der Waals surface area contributed by atoms with Crippen molar-refractivity contribution in [3.05, 3.63) is 47.5 Å². The molecule has 2 aliphatic carbocycles. The Balaban J connectivity index is 1.35. The molecule has 0 aliphatic heterocycles. The van der Waals surface area contributed by atoms with E-state index >= 15 is 0 Å². The molecule has 0 atom stereocenters. The highest BCUT2D eigenvalue weighted by molar-refractivity contribution is 5.56. The van der Waals surface area contributed by atoms with Crippen molar-refractivity contribution in [3.8, 4) is 0 Å². The van der Waals surface area contributed by atoms with Crippen LogP contribution in [-0.4, -0.2) is 0 Å². The third-order valence-corrected chi connectivity index (χ3v) is 8.27. The van der Waals surface area contributed by atoms with E-state index in [-0.39, 0.29) is 0 Å². The lowest BCUT2D eigenvalue weighted by molar-refractivity contribution is 0.290. The predicted molar refractivity (Wildman–Crippen MR) is 144 cm³/mol. The molecule has 0 saturated heterocycles. The van der Waals surface area contributed by atoms with Crippen LogP contribution in [-0.2, 0) is 0 Å². The van der Waals surface area contributed by atoms with Crippen molar-refractivity contribution in [2.24, 2.45) is 23.7 Å². The number of allylic oxidation sites excluding steroid dienone is 2. The van der Waals surface area contributed by atoms with Gasteiger partial charge in [0.1, 0.15) is 0 Å². The molecule has 0 N–H and O–H groups in total. The molecule has 2 fully saturated rings. The van der Waals surface area contributed by atoms with Crippen LogP contribution in [0.1, 0.15) is 128 Å². The maximum Gasteiger partial charge on any atom is -0.0230 e. The third kappa shape index (κ3) is 9.29. The molecule has 0 amide bonds. The van der Waals surface area contributed by atoms with E-state index in [0.717, 1.165) is 23.7 Å². The summed E-state index contributed by atoms with van der Waals surface area (Å²) in [7, 11) is 0. The second-order valence-electron chi connectivity index (χ2n) is 10.9. The maximum absolute atomic E-state index is 2.49. The smallest absolute Gasteiger partial charge is 0.0230 e. The van der Waals surface area contributed by atoms with Crippen molar-refractivity contribution >= 4 is 12.2 Å². The predicted octanol–water partition coefficient (Wildman–Crippen LogP) is 10.5. The fraction of sp³-hybridized carbons (Fsp3) is 0.688. The minimum Gasteiger partial charge on any atom is -0.0808 e. The largest absolute Gasteiger partial charge is 0.0808 e. The van der Waals surface area contributed by atoms with Gasteiger partial charge in [0.15, 0.2) is 0 Å². The average Bonchev–Trinajstić information content (AvgIpc) is 2.84. The van der Waals surface area contributed by atoms with Gasteiger partial charge in [0.2, 0.25) is 0 Å². The summed E-state index contributed by atoms with van der Waals surface area (Å²) in [6.07, 6.45) is 32.5. The molecule has 1 aromatic rings. The summed E-state index contributed by atoms with van der Waals surface area (Å²) in [6, 6.07) is 9.21. The zero-order valence-electron chi connectivity index (χ0n) is 21.2. The van der Waals surface area contributed by atoms with Crippen LogP contribution in [0.25, 0.3) is 12.2 Å². The molecular formula is C32H50. The second kappa shape index (κ2) is 14.8. The fourth-order valence-corrected chi connectivity index (χ4v) is 5.92. The standard InChI is InChI=1S/C32H50/c1-3-5-7-9-27-11-15-29(16-12-27)19-21-31-23-25-32(26-24-31)22-20-30-17-13-28(14-18-30)10-8-6-4-2/h19-30H,3-18H2,1-2H3/b21-19+,22-20+. The van der Waals surface area contributed by atoms with Crippen LogP contribution in [0.4, 0.5) is 0 Å². The van der Waals surface area contributed by atoms with E-state index in [9.17, 15) is 0 Å². The molecule has 0 nitrogen and oxygen atoms in total. The molecule has 0 heterocycles. The molecule has 32 heavy (non-hydrogen) atoms. The quantitative estimate of drug-likeness (QED) is 0.287. The topological polar surface area (TPSA) is 0 Å². The number of hydrogen-bond donors (Lipinski definition) is 0. The Kier molecular flexibility index (Phi) is 11.7. The van der Waals surface area contributed by atoms with Crippen molar-refractivity contribution in [1.82, 2.24) is 0 Å². The van der Waals surface area contributed by atoms with Gasteiger partial charge in [0, 0.05) is 0 Å². The first-order valence-corrected chi connectivity index (χ1v) is 14.2. The molecule has 0 heteroatoms. The van der Waals surface area contributed by atoms with Crippen molar-refractivity contribution in [2.45, 2.75) is 117 Å². The van der Waals surface area contributed by atoms with Crippen molar-refractivity contribution in [3.63, 3.8) is 0 Å². The Hall–Kier alpha value is -1.30. The highest BCUT2D eigenvalue weighted by Gasteiger charge is 2.19. The van der Waals surface area contributed by atoms with E-state index in [1.165, 1.54) is 114 Å². The van der Waals surface area contributed by atoms with Gasteiger partial charge in [-0.2, -0.15) is 0 Å². The van der Waals surface area contributed by atoms with Gasteiger partial charge < -0.3 is 0 Å². The summed E-state index contributed by atoms with van der Waals surface area (Å²) >= 11 is 0. The molecule has 0 spiro atoms. The Morgan fingerprint density at radius 3 is 1.28 bits per heavy atom. The molecular weight excluding hydrogens is 384 g/mol. The average molecular weight is 435 g/mol. The van der Waals surface area contributed by atoms with Gasteiger partial charge in [-0.25, -0.2) is 0 Å². The number of hydrogen-bond acceptors (Lipinski definition) is 0. The minimum atomic E-state index is 0.800. The Morgan fingerprint density at radius 2 is 0.938 bits per heavy atom. The van der Waals surface area contributed by atoms with E-state index < -0.39 is 0 Å². The molecule has 2 saturated carbocycles. The van der Waals surface area contributed by atoms with Crippen LogP contribution >= 0.6 is 0 Å². The van der Waals surface area contributed by atoms with E-state index in [1.54, 1.807) is 0 Å². The zero-order valence-corrected chi connectivity index (χ0v) is 21.2. The molecule has 0 bridgehead atoms. The molecule has 3 rings (SSSR count). The lowest BCUT2D eigenvalue weighted by Gasteiger charge is -2.26. The normalized spacial score (nSPS) is 26.8. The van der Waals surface area contributed by atoms with Gasteiger partial charge in [-0.15, -0.1) is 0 Å². The van der Waals surface area contributed by atoms with Gasteiger partial charge in [0.05, 0.1) is 0 Å². The lowest BCUT2D eigenvalue weighted by atomic mass is 9.79. The first-order valence-electron chi connectivity index (χ1n) is 14.2. The van der Waals surface area contributed by atoms with Crippen LogP contribution in [0.5, 0.6) is 0 Å². The number of rotatable bonds is 12. The summed E-state index contributed by atoms with van der Waals surface area (Å²) < 4.78 is 0. The molecule has 2 aliphatic rings. The molecule has 178 valence electrons. The van der Waals surface area contributed by atoms with Gasteiger partial charge >= 0.3 is 0 Å². The second-order valence-corrected chi connectivity index (χ2v) is 10.9. The summed E-state index contributed by atoms with van der Waals surface area (Å²) in [5.74, 6) is 3.62. The Bertz CT molecular complexity index is 589. The first kappa shape index (κ1) is 25.3. The van der Waals surface area contributed by atoms with Crippen LogP contribution in [0.15, 0.2) is 36.4 Å². The zero-order chi connectivity index (χ0) is 22.4. The third-order valence-electron chi connectivity index (χ3n) is 8.27. The van der Waals surface area contributed by atoms with Crippen LogP contribution in [0.2, 0.25) is 0 Å². The van der Waals surface area contributed by atoms with Crippen LogP contribution in [0.3, 0.4) is 0 Å². The van der Waals surface area contributed by atoms with E-state index in [0.29, 0.717) is 0 Å². The lowest BCUT2D eigenvalue weighted by Crippen LogP contribution is -2.13. The van der Waals surface area contributed by atoms with Gasteiger partial charge in [-0.3, -0.25) is 0 Å². The van der Waals surface area contributed by atoms with Crippen molar-refractivity contribution in [1.29, 1.82) is 0 Å². The Labute approximate surface area is 200 Å². The minimum absolute atomic E-state index is 0.800. The molecule has 0 aromatic heterocycles. The van der Waals surface area contributed by atoms with E-state index in [2.05, 4.69) is 62.4 Å². The van der Waals surface area contributed by atoms with Crippen molar-refractivity contribution < 1.29 is 0 Å². The van der Waals surface area contributed by atoms with Crippen molar-refractivity contribution in [2.75, 3.05) is 0 Å². The highest BCUT2D eigenvalue weighted by Crippen LogP contribution is 2.34. The number of benzene rings is 1. The van der Waals surface area contributed by atoms with Gasteiger partial charge in [-0.05, 0) is 86.2 Å². The first-order chi connectivity index (χ1) is 15.8. The van der Waals surface area contributed by atoms with Gasteiger partial charge in [-0.1, -0.05) is 114 Å². The number of unbranched alkanes of at least 4 members (excludes halogenated alkanes) is 4. The van der Waals surface area contributed by atoms with Gasteiger partial charge in [0.25, 0.3) is 0 Å². The monoisotopic (exact) mass is 434 g/mol. The summed E-state index contributed by atoms with van der Waals surface area (Å²) in [5, 5.41) is 0. The molecule has 0 radical (unpaired) electrons. The van der Waals surface area contributed by atoms with Crippen LogP contribution in [0, 0.1) is 23.7 Å². The molecule has 1 aromatic carbocycles. The Morgan fingerprint density at radius 1 is 0.562 bits per heavy atom. The molecule has 0 unspecified atom stereocenters. The van der Waals surface area contributed by atoms with E-state index in [4.69, 9.17) is 0 Å². The maximum atomic E-state index is 2.49. The summed E-state index contributed by atoms with van der Waals surface area (Å²) in [4.78, 5) is 0. The van der Waals surface area contributed by atoms with E-state index in [1.807, 2.05) is 0 Å². The highest BCUT2D eigenvalue weighted by atomic mass is 14.3. The summed E-state index contributed by atoms with van der Waals surface area (Å²) in [6.45, 7) is 4.62. The SMILES string of the molecule is CCCCCC1CCC(/C=C/c2ccc(/C=C/C3CCC(CCCCC)CC3)cc2)CC1. The van der Waals surface area contributed by atoms with Crippen LogP contribution < -0.4 is 0 Å².